The van der Waals surface area contributed by atoms with Gasteiger partial charge in [0.25, 0.3) is 5.91 Å². The van der Waals surface area contributed by atoms with Gasteiger partial charge >= 0.3 is 0 Å². The lowest BCUT2D eigenvalue weighted by Gasteiger charge is -2.13. The summed E-state index contributed by atoms with van der Waals surface area (Å²) in [5.74, 6) is -0.359. The highest BCUT2D eigenvalue weighted by Crippen LogP contribution is 2.34. The molecule has 0 radical (unpaired) electrons. The predicted molar refractivity (Wildman–Crippen MR) is 97.7 cm³/mol. The van der Waals surface area contributed by atoms with E-state index in [4.69, 9.17) is 27.6 Å². The van der Waals surface area contributed by atoms with Gasteiger partial charge in [0.05, 0.1) is 27.0 Å². The van der Waals surface area contributed by atoms with Crippen molar-refractivity contribution in [3.63, 3.8) is 0 Å². The minimum Gasteiger partial charge on any atom is -0.450 e. The zero-order chi connectivity index (χ0) is 17.9. The zero-order valence-electron chi connectivity index (χ0n) is 13.4. The second kappa shape index (κ2) is 5.61. The van der Waals surface area contributed by atoms with Crippen LogP contribution >= 0.6 is 23.2 Å². The molecule has 0 saturated heterocycles. The summed E-state index contributed by atoms with van der Waals surface area (Å²) < 4.78 is 5.79. The monoisotopic (exact) mass is 373 g/mol. The molecule has 4 nitrogen and oxygen atoms in total. The Balaban J connectivity index is 2.02. The van der Waals surface area contributed by atoms with E-state index in [2.05, 4.69) is 5.32 Å². The van der Waals surface area contributed by atoms with E-state index >= 15 is 0 Å². The van der Waals surface area contributed by atoms with E-state index in [0.29, 0.717) is 32.1 Å². The lowest BCUT2D eigenvalue weighted by molar-refractivity contribution is 0.0938. The first-order valence-electron chi connectivity index (χ1n) is 7.70. The third kappa shape index (κ3) is 2.44. The molecule has 2 heterocycles. The molecule has 3 aromatic rings. The molecule has 0 saturated carbocycles. The second-order valence-corrected chi connectivity index (χ2v) is 7.02. The molecule has 1 N–H and O–H groups in total. The number of hydrogen-bond acceptors (Lipinski definition) is 3. The van der Waals surface area contributed by atoms with Gasteiger partial charge in [-0.05, 0) is 48.7 Å². The number of fused-ring (bicyclic) bond motifs is 2. The van der Waals surface area contributed by atoms with Crippen molar-refractivity contribution in [2.24, 2.45) is 0 Å². The zero-order valence-corrected chi connectivity index (χ0v) is 15.0. The van der Waals surface area contributed by atoms with Gasteiger partial charge < -0.3 is 9.73 Å². The van der Waals surface area contributed by atoms with Gasteiger partial charge in [-0.15, -0.1) is 0 Å². The number of benzene rings is 2. The quantitative estimate of drug-likeness (QED) is 0.680. The van der Waals surface area contributed by atoms with E-state index in [1.54, 1.807) is 24.3 Å². The summed E-state index contributed by atoms with van der Waals surface area (Å²) in [6.07, 6.45) is 0. The van der Waals surface area contributed by atoms with Gasteiger partial charge in [0, 0.05) is 0 Å². The van der Waals surface area contributed by atoms with Crippen molar-refractivity contribution < 1.29 is 9.21 Å². The molecule has 4 rings (SSSR count). The van der Waals surface area contributed by atoms with Crippen molar-refractivity contribution in [1.82, 2.24) is 5.32 Å². The van der Waals surface area contributed by atoms with Crippen LogP contribution in [0.2, 0.25) is 10.0 Å². The molecule has 0 spiro atoms. The van der Waals surface area contributed by atoms with Gasteiger partial charge in [-0.3, -0.25) is 9.59 Å². The molecule has 1 aliphatic heterocycles. The number of hydrogen-bond donors (Lipinski definition) is 1. The SMILES string of the molecule is Cc1cc(C)c2c(=O)c3c(oc2c1)C(=O)NC3c1ccc(Cl)c(Cl)c1. The summed E-state index contributed by atoms with van der Waals surface area (Å²) >= 11 is 12.0. The highest BCUT2D eigenvalue weighted by atomic mass is 35.5. The molecular weight excluding hydrogens is 361 g/mol. The Hall–Kier alpha value is -2.30. The lowest BCUT2D eigenvalue weighted by Crippen LogP contribution is -2.22. The summed E-state index contributed by atoms with van der Waals surface area (Å²) in [6.45, 7) is 3.77. The smallest absolute Gasteiger partial charge is 0.288 e. The van der Waals surface area contributed by atoms with Crippen molar-refractivity contribution in [3.05, 3.63) is 78.6 Å². The van der Waals surface area contributed by atoms with Crippen molar-refractivity contribution in [2.45, 2.75) is 19.9 Å². The molecule has 0 bridgehead atoms. The van der Waals surface area contributed by atoms with E-state index in [1.165, 1.54) is 0 Å². The highest BCUT2D eigenvalue weighted by Gasteiger charge is 2.36. The van der Waals surface area contributed by atoms with Crippen LogP contribution in [0.25, 0.3) is 11.0 Å². The molecule has 0 aliphatic carbocycles. The van der Waals surface area contributed by atoms with Crippen LogP contribution in [0.15, 0.2) is 39.5 Å². The van der Waals surface area contributed by atoms with Crippen LogP contribution in [0.4, 0.5) is 0 Å². The fraction of sp³-hybridized carbons (Fsp3) is 0.158. The van der Waals surface area contributed by atoms with Crippen LogP contribution in [-0.2, 0) is 0 Å². The molecule has 1 atom stereocenters. The first-order valence-corrected chi connectivity index (χ1v) is 8.46. The van der Waals surface area contributed by atoms with Crippen molar-refractivity contribution in [3.8, 4) is 0 Å². The highest BCUT2D eigenvalue weighted by molar-refractivity contribution is 6.42. The van der Waals surface area contributed by atoms with Crippen molar-refractivity contribution in [1.29, 1.82) is 0 Å². The molecule has 1 aliphatic rings. The van der Waals surface area contributed by atoms with Gasteiger partial charge in [0.15, 0.2) is 5.43 Å². The molecular formula is C19H13Cl2NO3. The predicted octanol–water partition coefficient (Wildman–Crippen LogP) is 4.55. The van der Waals surface area contributed by atoms with Gasteiger partial charge in [0.2, 0.25) is 5.76 Å². The van der Waals surface area contributed by atoms with Gasteiger partial charge in [-0.2, -0.15) is 0 Å². The number of carbonyl (C=O) groups is 1. The Morgan fingerprint density at radius 1 is 1.04 bits per heavy atom. The Morgan fingerprint density at radius 2 is 1.80 bits per heavy atom. The summed E-state index contributed by atoms with van der Waals surface area (Å²) in [6, 6.07) is 8.10. The summed E-state index contributed by atoms with van der Waals surface area (Å²) in [7, 11) is 0. The maximum Gasteiger partial charge on any atom is 0.288 e. The number of halogens is 2. The number of rotatable bonds is 1. The molecule has 2 aromatic carbocycles. The molecule has 6 heteroatoms. The topological polar surface area (TPSA) is 59.3 Å². The van der Waals surface area contributed by atoms with E-state index in [1.807, 2.05) is 19.9 Å². The molecule has 1 unspecified atom stereocenters. The van der Waals surface area contributed by atoms with Crippen molar-refractivity contribution >= 4 is 40.1 Å². The molecule has 25 heavy (non-hydrogen) atoms. The number of aryl methyl sites for hydroxylation is 2. The van der Waals surface area contributed by atoms with Crippen LogP contribution in [0.5, 0.6) is 0 Å². The van der Waals surface area contributed by atoms with E-state index in [-0.39, 0.29) is 11.2 Å². The average molecular weight is 374 g/mol. The van der Waals surface area contributed by atoms with Crippen LogP contribution in [0.3, 0.4) is 0 Å². The minimum atomic E-state index is -0.612. The molecule has 1 aromatic heterocycles. The Bertz CT molecular complexity index is 1120. The standard InChI is InChI=1S/C19H13Cl2NO3/c1-8-5-9(2)14-13(6-8)25-18-15(17(14)23)16(22-19(18)24)10-3-4-11(20)12(21)7-10/h3-7,16H,1-2H3,(H,22,24). The Kier molecular flexibility index (Phi) is 3.63. The molecule has 0 fully saturated rings. The second-order valence-electron chi connectivity index (χ2n) is 6.21. The average Bonchev–Trinajstić information content (AvgIpc) is 2.87. The Labute approximate surface area is 153 Å². The minimum absolute atomic E-state index is 0.0542. The maximum absolute atomic E-state index is 13.1. The first-order chi connectivity index (χ1) is 11.9. The third-order valence-electron chi connectivity index (χ3n) is 4.42. The summed E-state index contributed by atoms with van der Waals surface area (Å²) in [5, 5.41) is 4.06. The number of carbonyl (C=O) groups excluding carboxylic acids is 1. The number of nitrogens with one attached hydrogen (secondary N) is 1. The van der Waals surface area contributed by atoms with Crippen LogP contribution in [0, 0.1) is 13.8 Å². The largest absolute Gasteiger partial charge is 0.450 e. The Morgan fingerprint density at radius 3 is 2.52 bits per heavy atom. The van der Waals surface area contributed by atoms with Crippen LogP contribution in [-0.4, -0.2) is 5.91 Å². The van der Waals surface area contributed by atoms with E-state index in [9.17, 15) is 9.59 Å². The molecule has 1 amide bonds. The molecule has 126 valence electrons. The van der Waals surface area contributed by atoms with Gasteiger partial charge in [-0.1, -0.05) is 35.3 Å². The number of amides is 1. The maximum atomic E-state index is 13.1. The van der Waals surface area contributed by atoms with Crippen LogP contribution < -0.4 is 10.7 Å². The first kappa shape index (κ1) is 16.2. The lowest BCUT2D eigenvalue weighted by atomic mass is 9.97. The third-order valence-corrected chi connectivity index (χ3v) is 5.16. The fourth-order valence-corrected chi connectivity index (χ4v) is 3.65. The van der Waals surface area contributed by atoms with Crippen molar-refractivity contribution in [2.75, 3.05) is 0 Å². The fourth-order valence-electron chi connectivity index (χ4n) is 3.34. The van der Waals surface area contributed by atoms with Gasteiger partial charge in [-0.25, -0.2) is 0 Å². The van der Waals surface area contributed by atoms with E-state index in [0.717, 1.165) is 11.1 Å². The normalized spacial score (nSPS) is 16.2. The van der Waals surface area contributed by atoms with E-state index < -0.39 is 11.9 Å². The van der Waals surface area contributed by atoms with Gasteiger partial charge in [0.1, 0.15) is 5.58 Å². The summed E-state index contributed by atoms with van der Waals surface area (Å²) in [4.78, 5) is 25.5. The van der Waals surface area contributed by atoms with Crippen LogP contribution in [0.1, 0.15) is 38.9 Å². The summed E-state index contributed by atoms with van der Waals surface area (Å²) in [5.41, 5.74) is 2.99.